The number of para-hydroxylation sites is 2. The fourth-order valence-corrected chi connectivity index (χ4v) is 2.25. The fraction of sp³-hybridized carbons (Fsp3) is 0.235. The second-order valence-corrected chi connectivity index (χ2v) is 5.02. The maximum Gasteiger partial charge on any atom is 0.217 e. The van der Waals surface area contributed by atoms with Crippen molar-refractivity contribution in [2.24, 2.45) is 0 Å². The molecule has 4 nitrogen and oxygen atoms in total. The second kappa shape index (κ2) is 5.97. The van der Waals surface area contributed by atoms with Crippen LogP contribution >= 0.6 is 0 Å². The summed E-state index contributed by atoms with van der Waals surface area (Å²) in [5, 5.41) is 3.39. The third-order valence-electron chi connectivity index (χ3n) is 3.33. The number of hydrogen-bond acceptors (Lipinski definition) is 4. The quantitative estimate of drug-likeness (QED) is 0.763. The normalized spacial score (nSPS) is 12.5. The van der Waals surface area contributed by atoms with Crippen molar-refractivity contribution in [2.45, 2.75) is 19.6 Å². The Morgan fingerprint density at radius 3 is 2.62 bits per heavy atom. The van der Waals surface area contributed by atoms with Crippen molar-refractivity contribution < 1.29 is 9.15 Å². The molecule has 0 aliphatic rings. The van der Waals surface area contributed by atoms with Gasteiger partial charge in [-0.05, 0) is 36.8 Å². The average molecular weight is 282 g/mol. The van der Waals surface area contributed by atoms with Gasteiger partial charge in [-0.3, -0.25) is 0 Å². The first-order valence-electron chi connectivity index (χ1n) is 6.96. The van der Waals surface area contributed by atoms with Gasteiger partial charge in [-0.2, -0.15) is 0 Å². The summed E-state index contributed by atoms with van der Waals surface area (Å²) in [6.45, 7) is 2.66. The Balaban J connectivity index is 1.74. The highest BCUT2D eigenvalue weighted by atomic mass is 16.5. The van der Waals surface area contributed by atoms with E-state index in [0.717, 1.165) is 22.4 Å². The number of nitrogens with one attached hydrogen (secondary N) is 1. The second-order valence-electron chi connectivity index (χ2n) is 5.02. The lowest BCUT2D eigenvalue weighted by Crippen LogP contribution is -2.06. The van der Waals surface area contributed by atoms with Crippen molar-refractivity contribution in [2.75, 3.05) is 12.4 Å². The van der Waals surface area contributed by atoms with Gasteiger partial charge in [0, 0.05) is 12.8 Å². The van der Waals surface area contributed by atoms with Crippen LogP contribution in [0.5, 0.6) is 0 Å². The lowest BCUT2D eigenvalue weighted by molar-refractivity contribution is 0.185. The summed E-state index contributed by atoms with van der Waals surface area (Å²) >= 11 is 0. The van der Waals surface area contributed by atoms with Crippen LogP contribution in [0.15, 0.2) is 52.9 Å². The minimum absolute atomic E-state index is 0.00525. The largest absolute Gasteiger partial charge is 0.438 e. The maximum absolute atomic E-state index is 5.77. The molecule has 1 atom stereocenters. The Morgan fingerprint density at radius 1 is 1.14 bits per heavy atom. The monoisotopic (exact) mass is 282 g/mol. The summed E-state index contributed by atoms with van der Waals surface area (Å²) in [7, 11) is 1.70. The molecule has 0 fully saturated rings. The van der Waals surface area contributed by atoms with Crippen molar-refractivity contribution in [3.8, 4) is 0 Å². The van der Waals surface area contributed by atoms with Gasteiger partial charge in [-0.15, -0.1) is 0 Å². The molecule has 0 amide bonds. The summed E-state index contributed by atoms with van der Waals surface area (Å²) in [6, 6.07) is 16.0. The van der Waals surface area contributed by atoms with Gasteiger partial charge in [0.15, 0.2) is 5.58 Å². The zero-order valence-electron chi connectivity index (χ0n) is 12.2. The minimum atomic E-state index is 0.00525. The molecule has 4 heteroatoms. The number of aromatic nitrogens is 1. The highest BCUT2D eigenvalue weighted by Gasteiger charge is 2.13. The van der Waals surface area contributed by atoms with Crippen LogP contribution in [0.4, 0.5) is 5.69 Å². The third-order valence-corrected chi connectivity index (χ3v) is 3.33. The number of methoxy groups -OCH3 is 1. The minimum Gasteiger partial charge on any atom is -0.438 e. The predicted octanol–water partition coefficient (Wildman–Crippen LogP) is 4.15. The number of benzene rings is 2. The van der Waals surface area contributed by atoms with Gasteiger partial charge >= 0.3 is 0 Å². The van der Waals surface area contributed by atoms with Crippen LogP contribution in [-0.4, -0.2) is 12.1 Å². The molecule has 1 heterocycles. The first-order chi connectivity index (χ1) is 10.3. The molecule has 3 rings (SSSR count). The van der Waals surface area contributed by atoms with E-state index in [0.29, 0.717) is 12.5 Å². The Bertz CT molecular complexity index is 686. The number of hydrogen-bond donors (Lipinski definition) is 1. The van der Waals surface area contributed by atoms with Crippen LogP contribution in [-0.2, 0) is 11.3 Å². The molecule has 0 spiro atoms. The van der Waals surface area contributed by atoms with Crippen molar-refractivity contribution >= 4 is 16.8 Å². The summed E-state index contributed by atoms with van der Waals surface area (Å²) in [6.07, 6.45) is 0. The van der Waals surface area contributed by atoms with Gasteiger partial charge in [-0.1, -0.05) is 24.3 Å². The van der Waals surface area contributed by atoms with Crippen LogP contribution in [0, 0.1) is 0 Å². The van der Waals surface area contributed by atoms with Crippen molar-refractivity contribution in [3.63, 3.8) is 0 Å². The van der Waals surface area contributed by atoms with Crippen LogP contribution < -0.4 is 5.32 Å². The van der Waals surface area contributed by atoms with Gasteiger partial charge in [-0.25, -0.2) is 4.98 Å². The van der Waals surface area contributed by atoms with Gasteiger partial charge in [0.2, 0.25) is 5.89 Å². The first-order valence-corrected chi connectivity index (χ1v) is 6.96. The number of nitrogens with zero attached hydrogens (tertiary/aromatic N) is 1. The lowest BCUT2D eigenvalue weighted by Gasteiger charge is -2.12. The van der Waals surface area contributed by atoms with E-state index in [1.54, 1.807) is 7.11 Å². The molecule has 0 saturated heterocycles. The van der Waals surface area contributed by atoms with Crippen LogP contribution in [0.1, 0.15) is 24.4 Å². The Morgan fingerprint density at radius 2 is 1.90 bits per heavy atom. The van der Waals surface area contributed by atoms with E-state index in [1.165, 1.54) is 0 Å². The first kappa shape index (κ1) is 13.6. The average Bonchev–Trinajstić information content (AvgIpc) is 2.94. The maximum atomic E-state index is 5.77. The number of ether oxygens (including phenoxy) is 1. The van der Waals surface area contributed by atoms with E-state index in [-0.39, 0.29) is 6.04 Å². The van der Waals surface area contributed by atoms with Gasteiger partial charge < -0.3 is 14.5 Å². The van der Waals surface area contributed by atoms with Gasteiger partial charge in [0.25, 0.3) is 0 Å². The molecule has 1 aromatic heterocycles. The van der Waals surface area contributed by atoms with Crippen molar-refractivity contribution in [1.82, 2.24) is 4.98 Å². The molecule has 0 radical (unpaired) electrons. The zero-order chi connectivity index (χ0) is 14.7. The molecule has 0 aliphatic heterocycles. The molecule has 1 unspecified atom stereocenters. The number of rotatable bonds is 5. The predicted molar refractivity (Wildman–Crippen MR) is 83.2 cm³/mol. The molecule has 0 bridgehead atoms. The Hall–Kier alpha value is -2.33. The SMILES string of the molecule is COCc1ccc(NC(C)c2nc3ccccc3o2)cc1. The molecule has 0 saturated carbocycles. The fourth-order valence-electron chi connectivity index (χ4n) is 2.25. The number of oxazole rings is 1. The smallest absolute Gasteiger partial charge is 0.217 e. The summed E-state index contributed by atoms with van der Waals surface area (Å²) < 4.78 is 10.9. The van der Waals surface area contributed by atoms with Crippen LogP contribution in [0.25, 0.3) is 11.1 Å². The Labute approximate surface area is 123 Å². The molecule has 3 aromatic rings. The highest BCUT2D eigenvalue weighted by Crippen LogP contribution is 2.23. The molecule has 108 valence electrons. The topological polar surface area (TPSA) is 47.3 Å². The summed E-state index contributed by atoms with van der Waals surface area (Å²) in [5.41, 5.74) is 3.88. The van der Waals surface area contributed by atoms with E-state index >= 15 is 0 Å². The third kappa shape index (κ3) is 3.06. The molecular formula is C17H18N2O2. The highest BCUT2D eigenvalue weighted by molar-refractivity contribution is 5.72. The van der Waals surface area contributed by atoms with Gasteiger partial charge in [0.1, 0.15) is 11.6 Å². The van der Waals surface area contributed by atoms with E-state index in [1.807, 2.05) is 55.5 Å². The van der Waals surface area contributed by atoms with Crippen LogP contribution in [0.3, 0.4) is 0 Å². The molecular weight excluding hydrogens is 264 g/mol. The van der Waals surface area contributed by atoms with E-state index < -0.39 is 0 Å². The van der Waals surface area contributed by atoms with Crippen LogP contribution in [0.2, 0.25) is 0 Å². The van der Waals surface area contributed by atoms with E-state index in [4.69, 9.17) is 9.15 Å². The molecule has 2 aromatic carbocycles. The number of anilines is 1. The molecule has 1 N–H and O–H groups in total. The Kier molecular flexibility index (Phi) is 3.88. The van der Waals surface area contributed by atoms with Gasteiger partial charge in [0.05, 0.1) is 6.61 Å². The summed E-state index contributed by atoms with van der Waals surface area (Å²) in [5.74, 6) is 0.692. The molecule has 0 aliphatic carbocycles. The standard InChI is InChI=1S/C17H18N2O2/c1-12(17-19-15-5-3-4-6-16(15)21-17)18-14-9-7-13(8-10-14)11-20-2/h3-10,12,18H,11H2,1-2H3. The van der Waals surface area contributed by atoms with Crippen molar-refractivity contribution in [3.05, 3.63) is 60.0 Å². The zero-order valence-corrected chi connectivity index (χ0v) is 12.2. The molecule has 21 heavy (non-hydrogen) atoms. The number of fused-ring (bicyclic) bond motifs is 1. The van der Waals surface area contributed by atoms with Crippen molar-refractivity contribution in [1.29, 1.82) is 0 Å². The lowest BCUT2D eigenvalue weighted by atomic mass is 10.2. The van der Waals surface area contributed by atoms with E-state index in [9.17, 15) is 0 Å². The van der Waals surface area contributed by atoms with E-state index in [2.05, 4.69) is 10.3 Å². The summed E-state index contributed by atoms with van der Waals surface area (Å²) in [4.78, 5) is 4.51.